The van der Waals surface area contributed by atoms with Gasteiger partial charge in [0.15, 0.2) is 11.6 Å². The Morgan fingerprint density at radius 3 is 2.52 bits per heavy atom. The number of urea groups is 1. The van der Waals surface area contributed by atoms with Crippen LogP contribution in [-0.2, 0) is 6.18 Å². The highest BCUT2D eigenvalue weighted by Gasteiger charge is 2.34. The first-order valence-electron chi connectivity index (χ1n) is 8.12. The molecule has 1 atom stereocenters. The number of anilines is 1. The van der Waals surface area contributed by atoms with Crippen molar-refractivity contribution in [2.24, 2.45) is 0 Å². The van der Waals surface area contributed by atoms with Gasteiger partial charge in [-0.05, 0) is 13.0 Å². The molecule has 29 heavy (non-hydrogen) atoms. The summed E-state index contributed by atoms with van der Waals surface area (Å²) in [7, 11) is 1.19. The molecule has 0 saturated carbocycles. The second-order valence-electron chi connectivity index (χ2n) is 5.83. The standard InChI is InChI=1S/C16H14F4N8O/c1-9(13-24-8-25-28(13)14-21-4-3-5-22-14)26-15(29)27(2)11-7-23-12(6-10(11)17)16(18,19)20/h3-9H,1-2H3,(H,26,29)/t9-/m0/s1. The maximum absolute atomic E-state index is 14.1. The van der Waals surface area contributed by atoms with Crippen LogP contribution in [0.2, 0.25) is 0 Å². The van der Waals surface area contributed by atoms with Gasteiger partial charge in [0.2, 0.25) is 0 Å². The van der Waals surface area contributed by atoms with Gasteiger partial charge in [-0.25, -0.2) is 29.1 Å². The summed E-state index contributed by atoms with van der Waals surface area (Å²) in [6.45, 7) is 1.59. The molecule has 2 amide bonds. The fourth-order valence-corrected chi connectivity index (χ4v) is 2.38. The van der Waals surface area contributed by atoms with Crippen LogP contribution >= 0.6 is 0 Å². The minimum absolute atomic E-state index is 0.228. The Morgan fingerprint density at radius 2 is 1.90 bits per heavy atom. The molecule has 3 aromatic heterocycles. The first-order chi connectivity index (χ1) is 13.7. The fourth-order valence-electron chi connectivity index (χ4n) is 2.38. The lowest BCUT2D eigenvalue weighted by molar-refractivity contribution is -0.141. The topological polar surface area (TPSA) is 102 Å². The van der Waals surface area contributed by atoms with Crippen LogP contribution in [0, 0.1) is 5.82 Å². The summed E-state index contributed by atoms with van der Waals surface area (Å²) >= 11 is 0. The number of carbonyl (C=O) groups is 1. The number of alkyl halides is 3. The molecule has 3 aromatic rings. The molecule has 0 aromatic carbocycles. The molecule has 9 nitrogen and oxygen atoms in total. The zero-order chi connectivity index (χ0) is 21.2. The number of rotatable bonds is 4. The third-order valence-electron chi connectivity index (χ3n) is 3.83. The molecule has 0 aliphatic carbocycles. The predicted octanol–water partition coefficient (Wildman–Crippen LogP) is 2.52. The Hall–Kier alpha value is -3.64. The average molecular weight is 410 g/mol. The van der Waals surface area contributed by atoms with Crippen molar-refractivity contribution in [3.05, 3.63) is 54.4 Å². The first kappa shape index (κ1) is 20.1. The van der Waals surface area contributed by atoms with Crippen molar-refractivity contribution in [3.63, 3.8) is 0 Å². The van der Waals surface area contributed by atoms with Crippen molar-refractivity contribution in [1.82, 2.24) is 35.0 Å². The summed E-state index contributed by atoms with van der Waals surface area (Å²) in [6.07, 6.45) is 0.106. The molecule has 152 valence electrons. The lowest BCUT2D eigenvalue weighted by atomic mass is 10.3. The van der Waals surface area contributed by atoms with Gasteiger partial charge >= 0.3 is 12.2 Å². The number of halogens is 4. The van der Waals surface area contributed by atoms with Crippen molar-refractivity contribution >= 4 is 11.7 Å². The number of nitrogens with zero attached hydrogens (tertiary/aromatic N) is 7. The molecule has 0 fully saturated rings. The van der Waals surface area contributed by atoms with Crippen LogP contribution in [0.1, 0.15) is 24.5 Å². The maximum Gasteiger partial charge on any atom is 0.433 e. The average Bonchev–Trinajstić information content (AvgIpc) is 3.17. The van der Waals surface area contributed by atoms with Crippen LogP contribution in [0.4, 0.5) is 28.0 Å². The summed E-state index contributed by atoms with van der Waals surface area (Å²) < 4.78 is 53.2. The van der Waals surface area contributed by atoms with Gasteiger partial charge in [0, 0.05) is 25.5 Å². The summed E-state index contributed by atoms with van der Waals surface area (Å²) in [5.74, 6) is -0.713. The molecule has 1 N–H and O–H groups in total. The SMILES string of the molecule is C[C@H](NC(=O)N(C)c1cnc(C(F)(F)F)cc1F)c1ncnn1-c1ncccn1. The molecule has 3 rings (SSSR count). The number of amides is 2. The van der Waals surface area contributed by atoms with Crippen molar-refractivity contribution in [3.8, 4) is 5.95 Å². The summed E-state index contributed by atoms with van der Waals surface area (Å²) in [5.41, 5.74) is -1.81. The van der Waals surface area contributed by atoms with E-state index in [1.807, 2.05) is 0 Å². The third kappa shape index (κ3) is 4.28. The molecule has 13 heteroatoms. The van der Waals surface area contributed by atoms with Gasteiger partial charge < -0.3 is 5.32 Å². The van der Waals surface area contributed by atoms with E-state index in [2.05, 4.69) is 30.4 Å². The second kappa shape index (κ2) is 7.77. The third-order valence-corrected chi connectivity index (χ3v) is 3.83. The summed E-state index contributed by atoms with van der Waals surface area (Å²) in [6, 6.07) is 0.349. The van der Waals surface area contributed by atoms with Crippen LogP contribution in [-0.4, -0.2) is 42.8 Å². The molecule has 0 aliphatic heterocycles. The van der Waals surface area contributed by atoms with Crippen LogP contribution in [0.3, 0.4) is 0 Å². The van der Waals surface area contributed by atoms with Gasteiger partial charge in [-0.3, -0.25) is 4.90 Å². The Morgan fingerprint density at radius 1 is 1.21 bits per heavy atom. The molecule has 0 saturated heterocycles. The van der Waals surface area contributed by atoms with Crippen LogP contribution in [0.5, 0.6) is 0 Å². The molecule has 0 spiro atoms. The smallest absolute Gasteiger partial charge is 0.328 e. The van der Waals surface area contributed by atoms with E-state index in [-0.39, 0.29) is 12.0 Å². The van der Waals surface area contributed by atoms with Gasteiger partial charge in [0.25, 0.3) is 5.95 Å². The van der Waals surface area contributed by atoms with E-state index in [0.29, 0.717) is 12.0 Å². The molecule has 0 radical (unpaired) electrons. The highest BCUT2D eigenvalue weighted by Crippen LogP contribution is 2.30. The van der Waals surface area contributed by atoms with Gasteiger partial charge in [-0.15, -0.1) is 0 Å². The molecule has 0 aliphatic rings. The molecule has 0 bridgehead atoms. The molecule has 0 unspecified atom stereocenters. The van der Waals surface area contributed by atoms with E-state index in [4.69, 9.17) is 0 Å². The van der Waals surface area contributed by atoms with E-state index < -0.39 is 35.4 Å². The number of pyridine rings is 1. The lowest BCUT2D eigenvalue weighted by Gasteiger charge is -2.21. The second-order valence-corrected chi connectivity index (χ2v) is 5.83. The van der Waals surface area contributed by atoms with Crippen LogP contribution in [0.15, 0.2) is 37.1 Å². The van der Waals surface area contributed by atoms with Gasteiger partial charge in [-0.2, -0.15) is 23.0 Å². The van der Waals surface area contributed by atoms with Gasteiger partial charge in [0.05, 0.1) is 17.9 Å². The van der Waals surface area contributed by atoms with Crippen LogP contribution in [0.25, 0.3) is 5.95 Å². The van der Waals surface area contributed by atoms with Crippen LogP contribution < -0.4 is 10.2 Å². The first-order valence-corrected chi connectivity index (χ1v) is 8.12. The summed E-state index contributed by atoms with van der Waals surface area (Å²) in [4.78, 5) is 28.6. The monoisotopic (exact) mass is 410 g/mol. The minimum atomic E-state index is -4.79. The minimum Gasteiger partial charge on any atom is -0.328 e. The molecular formula is C16H14F4N8O. The zero-order valence-electron chi connectivity index (χ0n) is 15.1. The predicted molar refractivity (Wildman–Crippen MR) is 91.5 cm³/mol. The normalized spacial score (nSPS) is 12.5. The van der Waals surface area contributed by atoms with Crippen molar-refractivity contribution < 1.29 is 22.4 Å². The number of carbonyl (C=O) groups excluding carboxylic acids is 1. The maximum atomic E-state index is 14.1. The van der Waals surface area contributed by atoms with Crippen molar-refractivity contribution in [2.75, 3.05) is 11.9 Å². The Bertz CT molecular complexity index is 1010. The van der Waals surface area contributed by atoms with E-state index in [1.54, 1.807) is 13.0 Å². The van der Waals surface area contributed by atoms with E-state index in [1.165, 1.54) is 30.5 Å². The molecule has 3 heterocycles. The Kier molecular flexibility index (Phi) is 5.39. The Balaban J connectivity index is 1.76. The number of aromatic nitrogens is 6. The quantitative estimate of drug-likeness (QED) is 0.664. The summed E-state index contributed by atoms with van der Waals surface area (Å²) in [5, 5.41) is 6.56. The van der Waals surface area contributed by atoms with Crippen molar-refractivity contribution in [1.29, 1.82) is 0 Å². The van der Waals surface area contributed by atoms with E-state index >= 15 is 0 Å². The highest BCUT2D eigenvalue weighted by atomic mass is 19.4. The fraction of sp³-hybridized carbons (Fsp3) is 0.250. The van der Waals surface area contributed by atoms with E-state index in [0.717, 1.165) is 4.90 Å². The Labute approximate surface area is 161 Å². The van der Waals surface area contributed by atoms with Gasteiger partial charge in [0.1, 0.15) is 12.0 Å². The number of hydrogen-bond acceptors (Lipinski definition) is 6. The lowest BCUT2D eigenvalue weighted by Crippen LogP contribution is -2.40. The zero-order valence-corrected chi connectivity index (χ0v) is 15.1. The largest absolute Gasteiger partial charge is 0.433 e. The van der Waals surface area contributed by atoms with Crippen molar-refractivity contribution in [2.45, 2.75) is 19.1 Å². The molecular weight excluding hydrogens is 396 g/mol. The number of nitrogens with one attached hydrogen (secondary N) is 1. The van der Waals surface area contributed by atoms with E-state index in [9.17, 15) is 22.4 Å². The van der Waals surface area contributed by atoms with Gasteiger partial charge in [-0.1, -0.05) is 0 Å². The number of hydrogen-bond donors (Lipinski definition) is 1. The highest BCUT2D eigenvalue weighted by molar-refractivity contribution is 5.91.